The van der Waals surface area contributed by atoms with Gasteiger partial charge in [-0.2, -0.15) is 0 Å². The minimum Gasteiger partial charge on any atom is -0.374 e. The van der Waals surface area contributed by atoms with Gasteiger partial charge < -0.3 is 10.5 Å². The maximum absolute atomic E-state index is 11.4. The van der Waals surface area contributed by atoms with Crippen molar-refractivity contribution in [3.8, 4) is 0 Å². The van der Waals surface area contributed by atoms with Crippen molar-refractivity contribution in [3.05, 3.63) is 0 Å². The van der Waals surface area contributed by atoms with Gasteiger partial charge in [0, 0.05) is 24.9 Å². The van der Waals surface area contributed by atoms with E-state index >= 15 is 0 Å². The van der Waals surface area contributed by atoms with E-state index in [0.717, 1.165) is 26.2 Å². The summed E-state index contributed by atoms with van der Waals surface area (Å²) in [6, 6.07) is -0.0635. The fourth-order valence-electron chi connectivity index (χ4n) is 2.15. The summed E-state index contributed by atoms with van der Waals surface area (Å²) in [5.74, 6) is 0.452. The Morgan fingerprint density at radius 3 is 2.78 bits per heavy atom. The number of morpholine rings is 1. The summed E-state index contributed by atoms with van der Waals surface area (Å²) < 4.78 is 28.4. The summed E-state index contributed by atoms with van der Waals surface area (Å²) >= 11 is 0. The van der Waals surface area contributed by atoms with Crippen LogP contribution in [-0.2, 0) is 14.6 Å². The molecule has 108 valence electrons. The van der Waals surface area contributed by atoms with E-state index in [1.807, 2.05) is 0 Å². The SMILES string of the molecule is CCN1CCOC(C(N)CCCS(=O)(=O)CC)C1. The van der Waals surface area contributed by atoms with E-state index in [0.29, 0.717) is 12.8 Å². The van der Waals surface area contributed by atoms with Crippen LogP contribution >= 0.6 is 0 Å². The Labute approximate surface area is 111 Å². The van der Waals surface area contributed by atoms with Gasteiger partial charge >= 0.3 is 0 Å². The van der Waals surface area contributed by atoms with Crippen molar-refractivity contribution in [3.63, 3.8) is 0 Å². The van der Waals surface area contributed by atoms with Crippen molar-refractivity contribution in [1.82, 2.24) is 4.90 Å². The van der Waals surface area contributed by atoms with Gasteiger partial charge in [-0.05, 0) is 19.4 Å². The molecule has 5 nitrogen and oxygen atoms in total. The summed E-state index contributed by atoms with van der Waals surface area (Å²) in [6.45, 7) is 7.36. The second-order valence-electron chi connectivity index (χ2n) is 4.84. The number of nitrogens with two attached hydrogens (primary N) is 1. The smallest absolute Gasteiger partial charge is 0.150 e. The maximum Gasteiger partial charge on any atom is 0.150 e. The van der Waals surface area contributed by atoms with Gasteiger partial charge in [-0.25, -0.2) is 8.42 Å². The van der Waals surface area contributed by atoms with E-state index in [4.69, 9.17) is 10.5 Å². The van der Waals surface area contributed by atoms with Crippen LogP contribution in [0.4, 0.5) is 0 Å². The molecule has 0 bridgehead atoms. The van der Waals surface area contributed by atoms with E-state index in [1.165, 1.54) is 0 Å². The van der Waals surface area contributed by atoms with Crippen molar-refractivity contribution in [2.45, 2.75) is 38.8 Å². The molecule has 6 heteroatoms. The van der Waals surface area contributed by atoms with Gasteiger partial charge in [0.1, 0.15) is 9.84 Å². The fourth-order valence-corrected chi connectivity index (χ4v) is 3.04. The monoisotopic (exact) mass is 278 g/mol. The molecule has 1 aliphatic heterocycles. The number of nitrogens with zero attached hydrogens (tertiary/aromatic N) is 1. The molecule has 18 heavy (non-hydrogen) atoms. The van der Waals surface area contributed by atoms with Crippen molar-refractivity contribution in [1.29, 1.82) is 0 Å². The number of hydrogen-bond acceptors (Lipinski definition) is 5. The second-order valence-corrected chi connectivity index (χ2v) is 7.32. The lowest BCUT2D eigenvalue weighted by molar-refractivity contribution is -0.0398. The lowest BCUT2D eigenvalue weighted by atomic mass is 10.1. The molecule has 0 spiro atoms. The molecule has 0 aliphatic carbocycles. The first-order valence-electron chi connectivity index (χ1n) is 6.78. The minimum absolute atomic E-state index is 0.0445. The van der Waals surface area contributed by atoms with Crippen LogP contribution in [0.3, 0.4) is 0 Å². The summed E-state index contributed by atoms with van der Waals surface area (Å²) in [5.41, 5.74) is 6.09. The predicted octanol–water partition coefficient (Wildman–Crippen LogP) is 0.249. The van der Waals surface area contributed by atoms with Crippen molar-refractivity contribution < 1.29 is 13.2 Å². The molecule has 0 aromatic heterocycles. The number of sulfone groups is 1. The van der Waals surface area contributed by atoms with E-state index in [9.17, 15) is 8.42 Å². The molecular weight excluding hydrogens is 252 g/mol. The van der Waals surface area contributed by atoms with Gasteiger partial charge in [0.15, 0.2) is 0 Å². The Balaban J connectivity index is 2.30. The average molecular weight is 278 g/mol. The number of ether oxygens (including phenoxy) is 1. The molecule has 1 fully saturated rings. The highest BCUT2D eigenvalue weighted by atomic mass is 32.2. The molecule has 0 saturated carbocycles. The van der Waals surface area contributed by atoms with E-state index in [1.54, 1.807) is 6.92 Å². The first-order valence-corrected chi connectivity index (χ1v) is 8.60. The Bertz CT molecular complexity index is 332. The molecule has 1 heterocycles. The van der Waals surface area contributed by atoms with Crippen LogP contribution in [0.5, 0.6) is 0 Å². The van der Waals surface area contributed by atoms with E-state index in [-0.39, 0.29) is 23.7 Å². The molecule has 1 saturated heterocycles. The summed E-state index contributed by atoms with van der Waals surface area (Å²) in [6.07, 6.45) is 1.38. The summed E-state index contributed by atoms with van der Waals surface area (Å²) in [7, 11) is -2.87. The topological polar surface area (TPSA) is 72.6 Å². The Morgan fingerprint density at radius 2 is 2.17 bits per heavy atom. The first kappa shape index (κ1) is 15.9. The second kappa shape index (κ2) is 7.43. The Morgan fingerprint density at radius 1 is 1.44 bits per heavy atom. The number of likely N-dealkylation sites (N-methyl/N-ethyl adjacent to an activating group) is 1. The molecule has 0 radical (unpaired) electrons. The van der Waals surface area contributed by atoms with Crippen LogP contribution in [-0.4, -0.2) is 63.2 Å². The van der Waals surface area contributed by atoms with Gasteiger partial charge in [-0.15, -0.1) is 0 Å². The molecule has 2 atom stereocenters. The highest BCUT2D eigenvalue weighted by Gasteiger charge is 2.25. The molecule has 0 aromatic rings. The third-order valence-corrected chi connectivity index (χ3v) is 5.33. The standard InChI is InChI=1S/C12H26N2O3S/c1-3-14-7-8-17-12(10-14)11(13)6-5-9-18(15,16)4-2/h11-12H,3-10,13H2,1-2H3. The summed E-state index contributed by atoms with van der Waals surface area (Å²) in [4.78, 5) is 2.32. The molecule has 1 aliphatic rings. The third kappa shape index (κ3) is 5.22. The first-order chi connectivity index (χ1) is 8.48. The van der Waals surface area contributed by atoms with Crippen molar-refractivity contribution in [2.75, 3.05) is 37.7 Å². The highest BCUT2D eigenvalue weighted by molar-refractivity contribution is 7.91. The zero-order valence-corrected chi connectivity index (χ0v) is 12.3. The predicted molar refractivity (Wildman–Crippen MR) is 73.4 cm³/mol. The minimum atomic E-state index is -2.87. The van der Waals surface area contributed by atoms with E-state index < -0.39 is 9.84 Å². The maximum atomic E-state index is 11.4. The third-order valence-electron chi connectivity index (χ3n) is 3.53. The molecule has 1 rings (SSSR count). The van der Waals surface area contributed by atoms with E-state index in [2.05, 4.69) is 11.8 Å². The molecular formula is C12H26N2O3S. The lowest BCUT2D eigenvalue weighted by Crippen LogP contribution is -2.50. The van der Waals surface area contributed by atoms with Crippen LogP contribution in [0.15, 0.2) is 0 Å². The van der Waals surface area contributed by atoms with Crippen LogP contribution in [0.2, 0.25) is 0 Å². The van der Waals surface area contributed by atoms with Gasteiger partial charge in [-0.3, -0.25) is 4.90 Å². The molecule has 0 amide bonds. The van der Waals surface area contributed by atoms with Crippen LogP contribution < -0.4 is 5.73 Å². The number of hydrogen-bond donors (Lipinski definition) is 1. The van der Waals surface area contributed by atoms with Crippen LogP contribution in [0.1, 0.15) is 26.7 Å². The summed E-state index contributed by atoms with van der Waals surface area (Å²) in [5, 5.41) is 0. The van der Waals surface area contributed by atoms with Crippen LogP contribution in [0.25, 0.3) is 0 Å². The van der Waals surface area contributed by atoms with Gasteiger partial charge in [-0.1, -0.05) is 13.8 Å². The zero-order valence-electron chi connectivity index (χ0n) is 11.5. The van der Waals surface area contributed by atoms with Gasteiger partial charge in [0.2, 0.25) is 0 Å². The normalized spacial score (nSPS) is 24.1. The fraction of sp³-hybridized carbons (Fsp3) is 1.00. The van der Waals surface area contributed by atoms with Crippen LogP contribution in [0, 0.1) is 0 Å². The highest BCUT2D eigenvalue weighted by Crippen LogP contribution is 2.11. The van der Waals surface area contributed by atoms with Crippen molar-refractivity contribution >= 4 is 9.84 Å². The lowest BCUT2D eigenvalue weighted by Gasteiger charge is -2.35. The zero-order chi connectivity index (χ0) is 13.6. The number of rotatable bonds is 7. The molecule has 2 unspecified atom stereocenters. The molecule has 0 aromatic carbocycles. The molecule has 2 N–H and O–H groups in total. The van der Waals surface area contributed by atoms with Crippen molar-refractivity contribution in [2.24, 2.45) is 5.73 Å². The largest absolute Gasteiger partial charge is 0.374 e. The average Bonchev–Trinajstić information content (AvgIpc) is 2.38. The quantitative estimate of drug-likeness (QED) is 0.722. The Kier molecular flexibility index (Phi) is 6.55. The van der Waals surface area contributed by atoms with Gasteiger partial charge in [0.25, 0.3) is 0 Å². The van der Waals surface area contributed by atoms with Gasteiger partial charge in [0.05, 0.1) is 18.5 Å². The Hall–Kier alpha value is -0.170.